The van der Waals surface area contributed by atoms with Gasteiger partial charge in [0.2, 0.25) is 0 Å². The van der Waals surface area contributed by atoms with Crippen molar-refractivity contribution in [2.45, 2.75) is 0 Å². The second-order valence-corrected chi connectivity index (χ2v) is 13.4. The second kappa shape index (κ2) is 9.43. The van der Waals surface area contributed by atoms with E-state index in [2.05, 4.69) is 167 Å². The molecule has 12 rings (SSSR count). The SMILES string of the molecule is c1ccc2c(c1)ccc1ccc(-c3nc(-n4c5ccccc5c5c6c7ccccc7n7c8ccccc8c(cc54)c67)c4ccccc4n3)cc12. The summed E-state index contributed by atoms with van der Waals surface area (Å²) in [6.45, 7) is 0. The minimum Gasteiger partial charge on any atom is -0.308 e. The smallest absolute Gasteiger partial charge is 0.162 e. The van der Waals surface area contributed by atoms with Crippen LogP contribution >= 0.6 is 0 Å². The number of rotatable bonds is 2. The second-order valence-electron chi connectivity index (χ2n) is 13.4. The molecule has 0 aliphatic rings. The number of fused-ring (bicyclic) bond motifs is 14. The van der Waals surface area contributed by atoms with Crippen LogP contribution in [-0.4, -0.2) is 18.9 Å². The summed E-state index contributed by atoms with van der Waals surface area (Å²) in [6.07, 6.45) is 0. The van der Waals surface area contributed by atoms with Gasteiger partial charge in [-0.3, -0.25) is 4.57 Å². The number of benzene rings is 8. The number of nitrogens with zero attached hydrogens (tertiary/aromatic N) is 4. The van der Waals surface area contributed by atoms with Crippen LogP contribution in [0.15, 0.2) is 158 Å². The summed E-state index contributed by atoms with van der Waals surface area (Å²) in [7, 11) is 0. The largest absolute Gasteiger partial charge is 0.308 e. The van der Waals surface area contributed by atoms with Gasteiger partial charge in [0.1, 0.15) is 5.82 Å². The van der Waals surface area contributed by atoms with E-state index >= 15 is 0 Å². The lowest BCUT2D eigenvalue weighted by Gasteiger charge is -2.13. The van der Waals surface area contributed by atoms with E-state index in [1.54, 1.807) is 0 Å². The molecule has 4 nitrogen and oxygen atoms in total. The summed E-state index contributed by atoms with van der Waals surface area (Å²) in [4.78, 5) is 10.7. The molecule has 0 aliphatic heterocycles. The normalized spacial score (nSPS) is 12.4. The summed E-state index contributed by atoms with van der Waals surface area (Å²) in [5, 5.41) is 13.4. The molecule has 4 heterocycles. The zero-order valence-corrected chi connectivity index (χ0v) is 26.8. The Kier molecular flexibility index (Phi) is 4.94. The van der Waals surface area contributed by atoms with Gasteiger partial charge >= 0.3 is 0 Å². The Bertz CT molecular complexity index is 3380. The van der Waals surface area contributed by atoms with Gasteiger partial charge in [0.25, 0.3) is 0 Å². The third kappa shape index (κ3) is 3.30. The van der Waals surface area contributed by atoms with Crippen molar-refractivity contribution in [2.75, 3.05) is 0 Å². The van der Waals surface area contributed by atoms with Gasteiger partial charge in [-0.05, 0) is 64.0 Å². The summed E-state index contributed by atoms with van der Waals surface area (Å²) < 4.78 is 4.85. The highest BCUT2D eigenvalue weighted by Crippen LogP contribution is 2.47. The van der Waals surface area contributed by atoms with Crippen molar-refractivity contribution in [2.24, 2.45) is 0 Å². The quantitative estimate of drug-likeness (QED) is 0.177. The lowest BCUT2D eigenvalue weighted by molar-refractivity contribution is 1.08. The Morgan fingerprint density at radius 2 is 0.980 bits per heavy atom. The van der Waals surface area contributed by atoms with Crippen LogP contribution in [0.3, 0.4) is 0 Å². The maximum atomic E-state index is 5.49. The molecule has 0 N–H and O–H groups in total. The Hall–Kier alpha value is -6.78. The first-order valence-corrected chi connectivity index (χ1v) is 17.1. The predicted molar refractivity (Wildman–Crippen MR) is 209 cm³/mol. The minimum absolute atomic E-state index is 0.715. The van der Waals surface area contributed by atoms with E-state index in [4.69, 9.17) is 9.97 Å². The first-order valence-electron chi connectivity index (χ1n) is 17.1. The molecular weight excluding hydrogens is 609 g/mol. The predicted octanol–water partition coefficient (Wildman–Crippen LogP) is 11.9. The average Bonchev–Trinajstić information content (AvgIpc) is 3.82. The lowest BCUT2D eigenvalue weighted by atomic mass is 10.00. The van der Waals surface area contributed by atoms with Crippen LogP contribution in [0, 0.1) is 0 Å². The van der Waals surface area contributed by atoms with Gasteiger partial charge in [0.05, 0.1) is 33.1 Å². The number of para-hydroxylation sites is 4. The van der Waals surface area contributed by atoms with Gasteiger partial charge in [-0.1, -0.05) is 115 Å². The Morgan fingerprint density at radius 3 is 1.80 bits per heavy atom. The molecule has 0 atom stereocenters. The fourth-order valence-corrected chi connectivity index (χ4v) is 8.69. The molecule has 0 radical (unpaired) electrons. The molecule has 4 aromatic heterocycles. The molecule has 4 heteroatoms. The molecule has 0 fully saturated rings. The molecule has 0 spiro atoms. The molecule has 0 bridgehead atoms. The highest BCUT2D eigenvalue weighted by atomic mass is 15.1. The first-order chi connectivity index (χ1) is 24.8. The van der Waals surface area contributed by atoms with E-state index in [0.29, 0.717) is 5.82 Å². The topological polar surface area (TPSA) is 35.1 Å². The van der Waals surface area contributed by atoms with Gasteiger partial charge in [-0.2, -0.15) is 0 Å². The molecule has 0 saturated carbocycles. The van der Waals surface area contributed by atoms with Crippen LogP contribution in [0.4, 0.5) is 0 Å². The standard InChI is InChI=1S/C46H26N4/c1-2-12-30-27(11-1)21-22-28-23-24-29(25-35(28)30)45-47-37-17-7-3-14-32(37)46(48-45)50-40-20-10-5-15-33(40)42-41(50)26-36-31-13-4-8-18-38(31)49-39-19-9-6-16-34(39)43(42)44(36)49/h1-26H. The van der Waals surface area contributed by atoms with Crippen molar-refractivity contribution in [1.82, 2.24) is 18.9 Å². The molecule has 12 aromatic rings. The average molecular weight is 635 g/mol. The summed E-state index contributed by atoms with van der Waals surface area (Å²) in [5.41, 5.74) is 7.94. The van der Waals surface area contributed by atoms with Crippen LogP contribution in [0.5, 0.6) is 0 Å². The number of hydrogen-bond donors (Lipinski definition) is 0. The zero-order valence-electron chi connectivity index (χ0n) is 26.8. The summed E-state index contributed by atoms with van der Waals surface area (Å²) in [6, 6.07) is 56.8. The molecule has 50 heavy (non-hydrogen) atoms. The maximum Gasteiger partial charge on any atom is 0.162 e. The van der Waals surface area contributed by atoms with Crippen molar-refractivity contribution >= 4 is 92.3 Å². The van der Waals surface area contributed by atoms with Crippen molar-refractivity contribution in [3.8, 4) is 17.2 Å². The zero-order chi connectivity index (χ0) is 32.5. The Morgan fingerprint density at radius 1 is 0.380 bits per heavy atom. The third-order valence-electron chi connectivity index (χ3n) is 10.8. The molecule has 0 unspecified atom stereocenters. The van der Waals surface area contributed by atoms with Crippen LogP contribution in [0.2, 0.25) is 0 Å². The first kappa shape index (κ1) is 26.2. The lowest BCUT2D eigenvalue weighted by Crippen LogP contribution is -2.02. The Labute approximate surface area is 285 Å². The van der Waals surface area contributed by atoms with E-state index in [-0.39, 0.29) is 0 Å². The van der Waals surface area contributed by atoms with Crippen molar-refractivity contribution in [3.63, 3.8) is 0 Å². The minimum atomic E-state index is 0.715. The van der Waals surface area contributed by atoms with E-state index in [1.165, 1.54) is 70.4 Å². The molecule has 0 amide bonds. The third-order valence-corrected chi connectivity index (χ3v) is 10.8. The highest BCUT2D eigenvalue weighted by molar-refractivity contribution is 6.35. The molecule has 0 saturated heterocycles. The van der Waals surface area contributed by atoms with Crippen molar-refractivity contribution in [3.05, 3.63) is 158 Å². The molecule has 230 valence electrons. The summed E-state index contributed by atoms with van der Waals surface area (Å²) in [5.74, 6) is 1.60. The van der Waals surface area contributed by atoms with E-state index in [0.717, 1.165) is 33.3 Å². The monoisotopic (exact) mass is 634 g/mol. The van der Waals surface area contributed by atoms with Crippen molar-refractivity contribution in [1.29, 1.82) is 0 Å². The van der Waals surface area contributed by atoms with E-state index in [1.807, 2.05) is 0 Å². The van der Waals surface area contributed by atoms with Gasteiger partial charge in [-0.15, -0.1) is 0 Å². The van der Waals surface area contributed by atoms with Gasteiger partial charge in [-0.25, -0.2) is 9.97 Å². The van der Waals surface area contributed by atoms with Crippen LogP contribution in [-0.2, 0) is 0 Å². The fraction of sp³-hybridized carbons (Fsp3) is 0. The van der Waals surface area contributed by atoms with Gasteiger partial charge < -0.3 is 4.40 Å². The summed E-state index contributed by atoms with van der Waals surface area (Å²) >= 11 is 0. The van der Waals surface area contributed by atoms with Crippen LogP contribution in [0.25, 0.3) is 110 Å². The van der Waals surface area contributed by atoms with E-state index in [9.17, 15) is 0 Å². The molecule has 0 aliphatic carbocycles. The fourth-order valence-electron chi connectivity index (χ4n) is 8.69. The van der Waals surface area contributed by atoms with Crippen LogP contribution in [0.1, 0.15) is 0 Å². The molecular formula is C46H26N4. The van der Waals surface area contributed by atoms with Gasteiger partial charge in [0, 0.05) is 43.3 Å². The van der Waals surface area contributed by atoms with Gasteiger partial charge in [0.15, 0.2) is 5.82 Å². The molecule has 8 aromatic carbocycles. The van der Waals surface area contributed by atoms with Crippen molar-refractivity contribution < 1.29 is 0 Å². The number of aromatic nitrogens is 4. The van der Waals surface area contributed by atoms with E-state index < -0.39 is 0 Å². The Balaban J connectivity index is 1.25. The van der Waals surface area contributed by atoms with Crippen LogP contribution < -0.4 is 0 Å². The highest BCUT2D eigenvalue weighted by Gasteiger charge is 2.25. The number of hydrogen-bond acceptors (Lipinski definition) is 2. The maximum absolute atomic E-state index is 5.49.